The molecule has 7 nitrogen and oxygen atoms in total. The van der Waals surface area contributed by atoms with Crippen LogP contribution in [0, 0.1) is 24.6 Å². The van der Waals surface area contributed by atoms with Crippen LogP contribution in [0.4, 0.5) is 9.18 Å². The summed E-state index contributed by atoms with van der Waals surface area (Å²) in [6.07, 6.45) is 4.52. The standard InChI is InChI=1S/C22H27FN4O3/c1-14-5-8-19(11-26-14)29-12-16-7-6-15(9-16)10-17-3-2-4-18(20(17)23)13-30-22(28)27-21(24)25/h2-5,8,11,15-16H,6-7,9-10,12-13H2,1H3,(H4,24,25,27,28). The van der Waals surface area contributed by atoms with Gasteiger partial charge in [-0.3, -0.25) is 4.98 Å². The van der Waals surface area contributed by atoms with Gasteiger partial charge in [-0.05, 0) is 62.1 Å². The van der Waals surface area contributed by atoms with Gasteiger partial charge in [0.1, 0.15) is 18.2 Å². The maximum Gasteiger partial charge on any atom is 0.437 e. The fourth-order valence-corrected chi connectivity index (χ4v) is 3.76. The molecule has 0 bridgehead atoms. The molecule has 0 aliphatic heterocycles. The summed E-state index contributed by atoms with van der Waals surface area (Å²) in [7, 11) is 0. The van der Waals surface area contributed by atoms with Crippen LogP contribution in [0.5, 0.6) is 5.75 Å². The number of aromatic nitrogens is 1. The normalized spacial score (nSPS) is 18.1. The molecule has 1 aromatic heterocycles. The lowest BCUT2D eigenvalue weighted by Gasteiger charge is -2.14. The Morgan fingerprint density at radius 1 is 1.20 bits per heavy atom. The van der Waals surface area contributed by atoms with Crippen molar-refractivity contribution >= 4 is 12.1 Å². The molecule has 2 unspecified atom stereocenters. The van der Waals surface area contributed by atoms with Gasteiger partial charge in [-0.15, -0.1) is 4.99 Å². The Hall–Kier alpha value is -3.16. The van der Waals surface area contributed by atoms with Gasteiger partial charge >= 0.3 is 6.09 Å². The first-order valence-electron chi connectivity index (χ1n) is 9.99. The first-order chi connectivity index (χ1) is 14.4. The van der Waals surface area contributed by atoms with Crippen LogP contribution in [0.2, 0.25) is 0 Å². The van der Waals surface area contributed by atoms with Crippen LogP contribution in [-0.2, 0) is 17.8 Å². The van der Waals surface area contributed by atoms with E-state index >= 15 is 0 Å². The Kier molecular flexibility index (Phi) is 7.21. The third-order valence-corrected chi connectivity index (χ3v) is 5.26. The molecular weight excluding hydrogens is 387 g/mol. The third kappa shape index (κ3) is 6.17. The number of ether oxygens (including phenoxy) is 2. The smallest absolute Gasteiger partial charge is 0.437 e. The summed E-state index contributed by atoms with van der Waals surface area (Å²) in [5, 5.41) is 0. The Bertz CT molecular complexity index is 898. The van der Waals surface area contributed by atoms with Crippen molar-refractivity contribution in [3.63, 3.8) is 0 Å². The van der Waals surface area contributed by atoms with Crippen LogP contribution in [0.3, 0.4) is 0 Å². The summed E-state index contributed by atoms with van der Waals surface area (Å²) < 4.78 is 25.6. The number of amides is 1. The van der Waals surface area contributed by atoms with Gasteiger partial charge in [0.05, 0.1) is 12.8 Å². The molecule has 1 aromatic carbocycles. The monoisotopic (exact) mass is 414 g/mol. The van der Waals surface area contributed by atoms with Crippen LogP contribution < -0.4 is 16.2 Å². The van der Waals surface area contributed by atoms with Crippen LogP contribution >= 0.6 is 0 Å². The van der Waals surface area contributed by atoms with Crippen molar-refractivity contribution in [3.05, 3.63) is 59.2 Å². The minimum absolute atomic E-state index is 0.221. The molecule has 1 saturated carbocycles. The fraction of sp³-hybridized carbons (Fsp3) is 0.409. The summed E-state index contributed by atoms with van der Waals surface area (Å²) in [4.78, 5) is 18.9. The largest absolute Gasteiger partial charge is 0.492 e. The molecule has 3 rings (SSSR count). The predicted molar refractivity (Wildman–Crippen MR) is 111 cm³/mol. The number of rotatable bonds is 7. The molecule has 2 atom stereocenters. The predicted octanol–water partition coefficient (Wildman–Crippen LogP) is 3.48. The number of nitrogens with two attached hydrogens (primary N) is 2. The van der Waals surface area contributed by atoms with Gasteiger partial charge in [0.15, 0.2) is 5.96 Å². The molecule has 1 heterocycles. The average Bonchev–Trinajstić information content (AvgIpc) is 3.15. The highest BCUT2D eigenvalue weighted by molar-refractivity contribution is 5.87. The van der Waals surface area contributed by atoms with Crippen LogP contribution in [-0.4, -0.2) is 23.6 Å². The van der Waals surface area contributed by atoms with Crippen molar-refractivity contribution in [2.75, 3.05) is 6.61 Å². The van der Waals surface area contributed by atoms with Gasteiger partial charge in [0.25, 0.3) is 0 Å². The fourth-order valence-electron chi connectivity index (χ4n) is 3.76. The molecule has 2 aromatic rings. The second-order valence-electron chi connectivity index (χ2n) is 7.68. The number of benzene rings is 1. The highest BCUT2D eigenvalue weighted by Gasteiger charge is 2.26. The van der Waals surface area contributed by atoms with Gasteiger partial charge in [-0.2, -0.15) is 0 Å². The lowest BCUT2D eigenvalue weighted by molar-refractivity contribution is 0.149. The topological polar surface area (TPSA) is 113 Å². The van der Waals surface area contributed by atoms with Gasteiger partial charge < -0.3 is 20.9 Å². The van der Waals surface area contributed by atoms with Crippen molar-refractivity contribution in [3.8, 4) is 5.75 Å². The second-order valence-corrected chi connectivity index (χ2v) is 7.68. The van der Waals surface area contributed by atoms with E-state index in [1.807, 2.05) is 19.1 Å². The quantitative estimate of drug-likeness (QED) is 0.530. The number of guanidine groups is 1. The molecule has 30 heavy (non-hydrogen) atoms. The SMILES string of the molecule is Cc1ccc(OCC2CCC(Cc3cccc(COC(=O)N=C(N)N)c3F)C2)cn1. The molecular formula is C22H27FN4O3. The van der Waals surface area contributed by atoms with E-state index in [-0.39, 0.29) is 12.4 Å². The molecule has 0 saturated heterocycles. The zero-order valence-corrected chi connectivity index (χ0v) is 17.0. The number of pyridine rings is 1. The van der Waals surface area contributed by atoms with E-state index in [2.05, 4.69) is 9.98 Å². The van der Waals surface area contributed by atoms with Crippen molar-refractivity contribution in [2.24, 2.45) is 28.3 Å². The Morgan fingerprint density at radius 3 is 2.70 bits per heavy atom. The Labute approximate surface area is 175 Å². The lowest BCUT2D eigenvalue weighted by atomic mass is 9.95. The van der Waals surface area contributed by atoms with Crippen molar-refractivity contribution in [2.45, 2.75) is 39.2 Å². The molecule has 1 amide bonds. The van der Waals surface area contributed by atoms with Crippen LogP contribution in [0.25, 0.3) is 0 Å². The van der Waals surface area contributed by atoms with Gasteiger partial charge in [0, 0.05) is 11.3 Å². The molecule has 0 radical (unpaired) electrons. The number of hydrogen-bond acceptors (Lipinski definition) is 4. The number of halogens is 1. The van der Waals surface area contributed by atoms with E-state index in [1.54, 1.807) is 24.4 Å². The zero-order chi connectivity index (χ0) is 21.5. The lowest BCUT2D eigenvalue weighted by Crippen LogP contribution is -2.24. The highest BCUT2D eigenvalue weighted by atomic mass is 19.1. The first-order valence-corrected chi connectivity index (χ1v) is 9.99. The summed E-state index contributed by atoms with van der Waals surface area (Å²) in [6, 6.07) is 8.98. The number of aliphatic imine (C=N–C) groups is 1. The minimum Gasteiger partial charge on any atom is -0.492 e. The first kappa shape index (κ1) is 21.5. The maximum absolute atomic E-state index is 14.8. The molecule has 1 aliphatic rings. The molecule has 1 aliphatic carbocycles. The van der Waals surface area contributed by atoms with Crippen molar-refractivity contribution < 1.29 is 18.7 Å². The summed E-state index contributed by atoms with van der Waals surface area (Å²) >= 11 is 0. The molecule has 8 heteroatoms. The van der Waals surface area contributed by atoms with Gasteiger partial charge in [-0.25, -0.2) is 9.18 Å². The summed E-state index contributed by atoms with van der Waals surface area (Å²) in [5.74, 6) is 0.873. The minimum atomic E-state index is -0.942. The number of nitrogens with zero attached hydrogens (tertiary/aromatic N) is 2. The van der Waals surface area contributed by atoms with Crippen LogP contribution in [0.1, 0.15) is 36.1 Å². The van der Waals surface area contributed by atoms with Crippen molar-refractivity contribution in [1.82, 2.24) is 4.98 Å². The number of aryl methyl sites for hydroxylation is 1. The number of hydrogen-bond donors (Lipinski definition) is 2. The molecule has 0 spiro atoms. The van der Waals surface area contributed by atoms with E-state index < -0.39 is 12.1 Å². The molecule has 4 N–H and O–H groups in total. The zero-order valence-electron chi connectivity index (χ0n) is 17.0. The van der Waals surface area contributed by atoms with Crippen LogP contribution in [0.15, 0.2) is 41.5 Å². The van der Waals surface area contributed by atoms with Crippen molar-refractivity contribution in [1.29, 1.82) is 0 Å². The highest BCUT2D eigenvalue weighted by Crippen LogP contribution is 2.34. The van der Waals surface area contributed by atoms with E-state index in [1.165, 1.54) is 0 Å². The summed E-state index contributed by atoms with van der Waals surface area (Å²) in [5.41, 5.74) is 12.1. The van der Waals surface area contributed by atoms with E-state index in [4.69, 9.17) is 20.9 Å². The third-order valence-electron chi connectivity index (χ3n) is 5.26. The summed E-state index contributed by atoms with van der Waals surface area (Å²) in [6.45, 7) is 2.36. The number of carbonyl (C=O) groups is 1. The van der Waals surface area contributed by atoms with Gasteiger partial charge in [0.2, 0.25) is 0 Å². The molecule has 160 valence electrons. The molecule has 1 fully saturated rings. The van der Waals surface area contributed by atoms with E-state index in [9.17, 15) is 9.18 Å². The average molecular weight is 414 g/mol. The second kappa shape index (κ2) is 10.0. The Balaban J connectivity index is 1.51. The van der Waals surface area contributed by atoms with E-state index in [0.29, 0.717) is 36.0 Å². The maximum atomic E-state index is 14.8. The number of carbonyl (C=O) groups excluding carboxylic acids is 1. The van der Waals surface area contributed by atoms with Gasteiger partial charge in [-0.1, -0.05) is 18.2 Å². The van der Waals surface area contributed by atoms with E-state index in [0.717, 1.165) is 30.7 Å². The Morgan fingerprint density at radius 2 is 1.97 bits per heavy atom.